The molecule has 0 unspecified atom stereocenters. The zero-order valence-corrected chi connectivity index (χ0v) is 8.40. The minimum atomic E-state index is -2.61. The molecule has 2 rings (SSSR count). The van der Waals surface area contributed by atoms with E-state index in [0.717, 1.165) is 10.9 Å². The Balaban J connectivity index is 0.000000245. The lowest BCUT2D eigenvalue weighted by Gasteiger charge is -1.93. The maximum atomic E-state index is 10.8. The van der Waals surface area contributed by atoms with Crippen molar-refractivity contribution in [1.82, 2.24) is 4.98 Å². The van der Waals surface area contributed by atoms with Gasteiger partial charge in [-0.2, -0.15) is 4.21 Å². The summed E-state index contributed by atoms with van der Waals surface area (Å²) in [6.07, 6.45) is 0. The van der Waals surface area contributed by atoms with Crippen LogP contribution in [0.2, 0.25) is 0 Å². The monoisotopic (exact) mass is 227 g/mol. The van der Waals surface area contributed by atoms with Crippen LogP contribution in [0.25, 0.3) is 10.9 Å². The Morgan fingerprint density at radius 3 is 2.33 bits per heavy atom. The van der Waals surface area contributed by atoms with E-state index in [1.54, 1.807) is 0 Å². The molecule has 2 aromatic rings. The fraction of sp³-hybridized carbons (Fsp3) is 0. The smallest absolute Gasteiger partial charge is 0.299 e. The van der Waals surface area contributed by atoms with Crippen molar-refractivity contribution in [3.63, 3.8) is 0 Å². The van der Waals surface area contributed by atoms with Gasteiger partial charge >= 0.3 is 0 Å². The molecular formula is C9H9NO4S. The Morgan fingerprint density at radius 2 is 1.67 bits per heavy atom. The molecule has 0 fully saturated rings. The van der Waals surface area contributed by atoms with Crippen LogP contribution in [0, 0.1) is 0 Å². The highest BCUT2D eigenvalue weighted by Gasteiger charge is 1.89. The van der Waals surface area contributed by atoms with Crippen molar-refractivity contribution in [1.29, 1.82) is 0 Å². The number of para-hydroxylation sites is 1. The Kier molecular flexibility index (Phi) is 4.17. The molecular weight excluding hydrogens is 218 g/mol. The molecule has 1 aromatic heterocycles. The predicted octanol–water partition coefficient (Wildman–Crippen LogP) is 1.21. The van der Waals surface area contributed by atoms with Crippen LogP contribution in [0.3, 0.4) is 0 Å². The number of aromatic nitrogens is 1. The summed E-state index contributed by atoms with van der Waals surface area (Å²) >= 11 is -2.61. The molecule has 0 aliphatic heterocycles. The van der Waals surface area contributed by atoms with E-state index in [4.69, 9.17) is 13.3 Å². The van der Waals surface area contributed by atoms with Crippen molar-refractivity contribution in [2.75, 3.05) is 0 Å². The summed E-state index contributed by atoms with van der Waals surface area (Å²) in [5, 5.41) is 1.06. The molecule has 0 amide bonds. The van der Waals surface area contributed by atoms with Gasteiger partial charge in [-0.05, 0) is 17.5 Å². The van der Waals surface area contributed by atoms with E-state index in [9.17, 15) is 4.79 Å². The molecule has 80 valence electrons. The standard InChI is InChI=1S/C9H7NO.H2O3S/c11-9-6-5-7-3-1-2-4-8(7)10-9;1-4(2)3/h1-6H,(H,10,11);(H2,1,2,3). The van der Waals surface area contributed by atoms with Crippen LogP contribution in [0.4, 0.5) is 0 Å². The van der Waals surface area contributed by atoms with E-state index in [0.29, 0.717) is 0 Å². The van der Waals surface area contributed by atoms with Crippen LogP contribution in [-0.2, 0) is 11.4 Å². The topological polar surface area (TPSA) is 90.4 Å². The average molecular weight is 227 g/mol. The van der Waals surface area contributed by atoms with Crippen LogP contribution in [0.5, 0.6) is 0 Å². The fourth-order valence-electron chi connectivity index (χ4n) is 1.10. The van der Waals surface area contributed by atoms with Gasteiger partial charge in [0.05, 0.1) is 0 Å². The molecule has 5 nitrogen and oxygen atoms in total. The zero-order valence-electron chi connectivity index (χ0n) is 7.58. The Labute approximate surface area is 87.9 Å². The molecule has 0 aliphatic rings. The Morgan fingerprint density at radius 1 is 1.07 bits per heavy atom. The van der Waals surface area contributed by atoms with E-state index >= 15 is 0 Å². The maximum Gasteiger partial charge on any atom is 0.299 e. The number of rotatable bonds is 0. The van der Waals surface area contributed by atoms with Gasteiger partial charge in [-0.3, -0.25) is 13.9 Å². The normalized spacial score (nSPS) is 9.80. The van der Waals surface area contributed by atoms with Gasteiger partial charge in [0.1, 0.15) is 0 Å². The van der Waals surface area contributed by atoms with Crippen molar-refractivity contribution >= 4 is 22.3 Å². The second-order valence-corrected chi connectivity index (χ2v) is 3.10. The second-order valence-electron chi connectivity index (χ2n) is 2.64. The average Bonchev–Trinajstić information content (AvgIpc) is 2.16. The predicted molar refractivity (Wildman–Crippen MR) is 58.0 cm³/mol. The number of aromatic amines is 1. The molecule has 0 radical (unpaired) electrons. The molecule has 0 atom stereocenters. The van der Waals surface area contributed by atoms with Crippen molar-refractivity contribution in [3.05, 3.63) is 46.8 Å². The quantitative estimate of drug-likeness (QED) is 0.590. The van der Waals surface area contributed by atoms with Gasteiger partial charge < -0.3 is 4.98 Å². The number of fused-ring (bicyclic) bond motifs is 1. The van der Waals surface area contributed by atoms with E-state index in [1.165, 1.54) is 6.07 Å². The lowest BCUT2D eigenvalue weighted by molar-refractivity contribution is 0.454. The van der Waals surface area contributed by atoms with Gasteiger partial charge in [-0.15, -0.1) is 0 Å². The van der Waals surface area contributed by atoms with Gasteiger partial charge in [0.15, 0.2) is 0 Å². The van der Waals surface area contributed by atoms with Gasteiger partial charge in [0, 0.05) is 11.6 Å². The molecule has 0 saturated carbocycles. The van der Waals surface area contributed by atoms with Crippen molar-refractivity contribution in [3.8, 4) is 0 Å². The van der Waals surface area contributed by atoms with E-state index in [1.807, 2.05) is 30.3 Å². The zero-order chi connectivity index (χ0) is 11.3. The third-order valence-corrected chi connectivity index (χ3v) is 1.63. The maximum absolute atomic E-state index is 10.8. The third-order valence-electron chi connectivity index (χ3n) is 1.63. The molecule has 0 saturated heterocycles. The number of hydrogen-bond acceptors (Lipinski definition) is 2. The molecule has 0 bridgehead atoms. The van der Waals surface area contributed by atoms with Crippen LogP contribution in [0.15, 0.2) is 41.2 Å². The summed E-state index contributed by atoms with van der Waals surface area (Å²) in [4.78, 5) is 13.6. The molecule has 0 spiro atoms. The van der Waals surface area contributed by atoms with E-state index in [-0.39, 0.29) is 5.56 Å². The Bertz CT molecular complexity index is 519. The van der Waals surface area contributed by atoms with Crippen LogP contribution < -0.4 is 5.56 Å². The van der Waals surface area contributed by atoms with Crippen molar-refractivity contribution in [2.45, 2.75) is 0 Å². The summed E-state index contributed by atoms with van der Waals surface area (Å²) in [6.45, 7) is 0. The SMILES string of the molecule is O=S(O)O.O=c1ccc2ccccc2[nH]1. The summed E-state index contributed by atoms with van der Waals surface area (Å²) in [6, 6.07) is 11.0. The number of nitrogens with one attached hydrogen (secondary N) is 1. The van der Waals surface area contributed by atoms with Crippen LogP contribution in [0.1, 0.15) is 0 Å². The lowest BCUT2D eigenvalue weighted by atomic mass is 10.2. The summed E-state index contributed by atoms with van der Waals surface area (Å²) < 4.78 is 22.8. The lowest BCUT2D eigenvalue weighted by Crippen LogP contribution is -2.01. The van der Waals surface area contributed by atoms with Gasteiger partial charge in [-0.1, -0.05) is 18.2 Å². The summed E-state index contributed by atoms with van der Waals surface area (Å²) in [5.41, 5.74) is 0.837. The highest BCUT2D eigenvalue weighted by Crippen LogP contribution is 2.06. The van der Waals surface area contributed by atoms with E-state index in [2.05, 4.69) is 4.98 Å². The van der Waals surface area contributed by atoms with Crippen molar-refractivity contribution < 1.29 is 13.3 Å². The van der Waals surface area contributed by atoms with Gasteiger partial charge in [0.25, 0.3) is 11.4 Å². The number of benzene rings is 1. The Hall–Kier alpha value is -1.50. The molecule has 0 aliphatic carbocycles. The summed E-state index contributed by atoms with van der Waals surface area (Å²) in [7, 11) is 0. The molecule has 3 N–H and O–H groups in total. The van der Waals surface area contributed by atoms with Crippen LogP contribution in [-0.4, -0.2) is 18.3 Å². The van der Waals surface area contributed by atoms with Gasteiger partial charge in [-0.25, -0.2) is 0 Å². The first kappa shape index (κ1) is 11.6. The van der Waals surface area contributed by atoms with E-state index < -0.39 is 11.4 Å². The molecule has 1 aromatic carbocycles. The van der Waals surface area contributed by atoms with Gasteiger partial charge in [0.2, 0.25) is 5.56 Å². The first-order chi connectivity index (χ1) is 7.09. The van der Waals surface area contributed by atoms with Crippen LogP contribution >= 0.6 is 0 Å². The number of pyridine rings is 1. The highest BCUT2D eigenvalue weighted by atomic mass is 32.2. The first-order valence-electron chi connectivity index (χ1n) is 3.97. The third kappa shape index (κ3) is 4.03. The first-order valence-corrected chi connectivity index (χ1v) is 5.04. The minimum absolute atomic E-state index is 0.0521. The highest BCUT2D eigenvalue weighted by molar-refractivity contribution is 7.73. The minimum Gasteiger partial charge on any atom is -0.322 e. The molecule has 1 heterocycles. The fourth-order valence-corrected chi connectivity index (χ4v) is 1.10. The summed E-state index contributed by atoms with van der Waals surface area (Å²) in [5.74, 6) is 0. The molecule has 6 heteroatoms. The van der Waals surface area contributed by atoms with Crippen molar-refractivity contribution in [2.24, 2.45) is 0 Å². The second kappa shape index (κ2) is 5.40. The number of H-pyrrole nitrogens is 1. The molecule has 15 heavy (non-hydrogen) atoms. The largest absolute Gasteiger partial charge is 0.322 e. The number of hydrogen-bond donors (Lipinski definition) is 3.